The molecule has 184 valence electrons. The summed E-state index contributed by atoms with van der Waals surface area (Å²) in [5.74, 6) is -2.55. The van der Waals surface area contributed by atoms with Crippen molar-refractivity contribution in [2.75, 3.05) is 0 Å². The van der Waals surface area contributed by atoms with Gasteiger partial charge < -0.3 is 20.8 Å². The minimum atomic E-state index is -1.18. The topological polar surface area (TPSA) is 121 Å². The van der Waals surface area contributed by atoms with Gasteiger partial charge in [0.1, 0.15) is 11.8 Å². The Morgan fingerprint density at radius 2 is 1.83 bits per heavy atom. The molecule has 3 rings (SSSR count). The van der Waals surface area contributed by atoms with E-state index < -0.39 is 29.9 Å². The number of nitrogens with two attached hydrogens (primary N) is 1. The van der Waals surface area contributed by atoms with Gasteiger partial charge in [0.25, 0.3) is 5.91 Å². The molecule has 1 heterocycles. The van der Waals surface area contributed by atoms with Crippen LogP contribution in [0, 0.1) is 0 Å². The Morgan fingerprint density at radius 1 is 1.14 bits per heavy atom. The van der Waals surface area contributed by atoms with Crippen LogP contribution in [0.2, 0.25) is 0 Å². The number of phenolic OH excluding ortho intramolecular Hbond substituents is 1. The molecule has 2 amide bonds. The van der Waals surface area contributed by atoms with Crippen LogP contribution >= 0.6 is 0 Å². The Balaban J connectivity index is 2.26. The molecule has 0 radical (unpaired) electrons. The Labute approximate surface area is 205 Å². The predicted octanol–water partition coefficient (Wildman–Crippen LogP) is 4.72. The Kier molecular flexibility index (Phi) is 7.19. The number of nitrogens with zero attached hydrogens (tertiary/aromatic N) is 1. The monoisotopic (exact) mass is 476 g/mol. The van der Waals surface area contributed by atoms with Gasteiger partial charge in [-0.15, -0.1) is 6.58 Å². The summed E-state index contributed by atoms with van der Waals surface area (Å²) < 4.78 is 0. The molecule has 0 saturated heterocycles. The highest BCUT2D eigenvalue weighted by atomic mass is 16.4. The zero-order valence-corrected chi connectivity index (χ0v) is 20.5. The smallest absolute Gasteiger partial charge is 0.326 e. The number of allylic oxidation sites excluding steroid dienone is 1. The van der Waals surface area contributed by atoms with Crippen molar-refractivity contribution in [2.45, 2.75) is 58.0 Å². The molecule has 2 aromatic rings. The van der Waals surface area contributed by atoms with Crippen LogP contribution in [0.4, 0.5) is 0 Å². The van der Waals surface area contributed by atoms with Crippen LogP contribution < -0.4 is 5.73 Å². The molecule has 1 aliphatic rings. The fraction of sp³-hybridized carbons (Fsp3) is 0.321. The van der Waals surface area contributed by atoms with Crippen molar-refractivity contribution >= 4 is 17.8 Å². The summed E-state index contributed by atoms with van der Waals surface area (Å²) in [6, 6.07) is 9.36. The molecule has 1 aliphatic heterocycles. The van der Waals surface area contributed by atoms with Gasteiger partial charge in [-0.05, 0) is 59.7 Å². The number of carbonyl (C=O) groups excluding carboxylic acids is 2. The van der Waals surface area contributed by atoms with Crippen molar-refractivity contribution in [2.24, 2.45) is 5.73 Å². The summed E-state index contributed by atoms with van der Waals surface area (Å²) in [5, 5.41) is 20.3. The molecule has 0 aromatic heterocycles. The van der Waals surface area contributed by atoms with Crippen LogP contribution in [0.1, 0.15) is 78.4 Å². The molecule has 2 atom stereocenters. The lowest BCUT2D eigenvalue weighted by Gasteiger charge is -2.42. The van der Waals surface area contributed by atoms with E-state index in [1.807, 2.05) is 27.7 Å². The Morgan fingerprint density at radius 3 is 2.37 bits per heavy atom. The molecule has 0 aliphatic carbocycles. The summed E-state index contributed by atoms with van der Waals surface area (Å²) in [6.07, 6.45) is 2.30. The zero-order chi connectivity index (χ0) is 26.1. The summed E-state index contributed by atoms with van der Waals surface area (Å²) in [5.41, 5.74) is 8.51. The molecule has 35 heavy (non-hydrogen) atoms. The Bertz CT molecular complexity index is 1220. The van der Waals surface area contributed by atoms with E-state index in [1.54, 1.807) is 36.4 Å². The quantitative estimate of drug-likeness (QED) is 0.521. The maximum Gasteiger partial charge on any atom is 0.326 e. The molecule has 0 spiro atoms. The molecular weight excluding hydrogens is 444 g/mol. The minimum absolute atomic E-state index is 0.00206. The van der Waals surface area contributed by atoms with Crippen LogP contribution in [0.5, 0.6) is 5.75 Å². The highest BCUT2D eigenvalue weighted by Gasteiger charge is 2.42. The van der Waals surface area contributed by atoms with E-state index in [1.165, 1.54) is 17.0 Å². The summed E-state index contributed by atoms with van der Waals surface area (Å²) >= 11 is 0. The van der Waals surface area contributed by atoms with E-state index in [0.717, 1.165) is 16.7 Å². The van der Waals surface area contributed by atoms with E-state index in [2.05, 4.69) is 6.58 Å². The third-order valence-electron chi connectivity index (χ3n) is 6.50. The van der Waals surface area contributed by atoms with Crippen molar-refractivity contribution in [3.8, 4) is 5.75 Å². The first-order valence-corrected chi connectivity index (χ1v) is 11.4. The maximum absolute atomic E-state index is 14.0. The lowest BCUT2D eigenvalue weighted by molar-refractivity contribution is -0.143. The number of carboxylic acid groups (broad SMARTS) is 1. The first-order valence-electron chi connectivity index (χ1n) is 11.4. The number of aliphatic carboxylic acids is 1. The first kappa shape index (κ1) is 25.7. The molecule has 4 N–H and O–H groups in total. The molecule has 7 heteroatoms. The number of benzene rings is 2. The van der Waals surface area contributed by atoms with Crippen LogP contribution in [-0.2, 0) is 10.2 Å². The van der Waals surface area contributed by atoms with E-state index in [4.69, 9.17) is 5.73 Å². The van der Waals surface area contributed by atoms with Crippen LogP contribution in [-0.4, -0.2) is 38.9 Å². The van der Waals surface area contributed by atoms with Crippen LogP contribution in [0.25, 0.3) is 0 Å². The maximum atomic E-state index is 14.0. The number of hydrogen-bond donors (Lipinski definition) is 3. The van der Waals surface area contributed by atoms with Crippen molar-refractivity contribution in [3.63, 3.8) is 0 Å². The molecule has 0 saturated carbocycles. The second-order valence-electron chi connectivity index (χ2n) is 9.92. The average Bonchev–Trinajstić information content (AvgIpc) is 2.78. The number of primary amides is 1. The van der Waals surface area contributed by atoms with Gasteiger partial charge in [0.2, 0.25) is 5.91 Å². The molecule has 2 unspecified atom stereocenters. The molecule has 0 fully saturated rings. The van der Waals surface area contributed by atoms with Gasteiger partial charge in [-0.25, -0.2) is 4.79 Å². The normalized spacial score (nSPS) is 18.3. The number of carboxylic acids is 1. The minimum Gasteiger partial charge on any atom is -0.508 e. The fourth-order valence-corrected chi connectivity index (χ4v) is 4.60. The van der Waals surface area contributed by atoms with E-state index >= 15 is 0 Å². The molecule has 0 bridgehead atoms. The van der Waals surface area contributed by atoms with Crippen LogP contribution in [0.15, 0.2) is 66.3 Å². The Hall–Kier alpha value is -3.87. The van der Waals surface area contributed by atoms with E-state index in [-0.39, 0.29) is 28.7 Å². The van der Waals surface area contributed by atoms with Crippen molar-refractivity contribution < 1.29 is 24.6 Å². The molecule has 7 nitrogen and oxygen atoms in total. The number of aromatic hydroxyl groups is 1. The van der Waals surface area contributed by atoms with Crippen LogP contribution in [0.3, 0.4) is 0 Å². The second-order valence-corrected chi connectivity index (χ2v) is 9.92. The van der Waals surface area contributed by atoms with Gasteiger partial charge in [0, 0.05) is 6.42 Å². The number of rotatable bonds is 6. The summed E-state index contributed by atoms with van der Waals surface area (Å²) in [4.78, 5) is 40.1. The van der Waals surface area contributed by atoms with Gasteiger partial charge in [-0.3, -0.25) is 9.59 Å². The van der Waals surface area contributed by atoms with E-state index in [0.29, 0.717) is 12.0 Å². The third kappa shape index (κ3) is 5.14. The largest absolute Gasteiger partial charge is 0.508 e. The highest BCUT2D eigenvalue weighted by molar-refractivity contribution is 6.08. The number of phenols is 1. The molecular formula is C28H32N2O5. The fourth-order valence-electron chi connectivity index (χ4n) is 4.60. The van der Waals surface area contributed by atoms with Gasteiger partial charge in [-0.1, -0.05) is 50.6 Å². The number of carbonyl (C=O) groups is 3. The standard InChI is InChI=1S/C28H32N2O5/c1-6-8-17-14-23(27(34)35)30(24(16(17)2)18-9-7-10-20(31)13-18)26(33)21-12-11-19(28(3,4)5)15-22(21)25(29)32/h6-7,9-13,15,23-24,31H,1,8,14H2,2-5H3,(H2,29,32)(H,34,35). The second kappa shape index (κ2) is 9.78. The average molecular weight is 477 g/mol. The van der Waals surface area contributed by atoms with Gasteiger partial charge in [-0.2, -0.15) is 0 Å². The lowest BCUT2D eigenvalue weighted by Crippen LogP contribution is -2.50. The van der Waals surface area contributed by atoms with Gasteiger partial charge >= 0.3 is 5.97 Å². The van der Waals surface area contributed by atoms with E-state index in [9.17, 15) is 24.6 Å². The number of amides is 2. The number of hydrogen-bond acceptors (Lipinski definition) is 4. The third-order valence-corrected chi connectivity index (χ3v) is 6.50. The summed E-state index contributed by atoms with van der Waals surface area (Å²) in [7, 11) is 0. The first-order chi connectivity index (χ1) is 16.4. The lowest BCUT2D eigenvalue weighted by atomic mass is 9.82. The summed E-state index contributed by atoms with van der Waals surface area (Å²) in [6.45, 7) is 11.6. The van der Waals surface area contributed by atoms with Gasteiger partial charge in [0.05, 0.1) is 17.2 Å². The predicted molar refractivity (Wildman–Crippen MR) is 134 cm³/mol. The molecule has 2 aromatic carbocycles. The van der Waals surface area contributed by atoms with Crippen molar-refractivity contribution in [1.82, 2.24) is 4.90 Å². The zero-order valence-electron chi connectivity index (χ0n) is 20.5. The SMILES string of the molecule is C=CCC1=C(C)C(c2cccc(O)c2)N(C(=O)c2ccc(C(C)(C)C)cc2C(N)=O)C(C(=O)O)C1. The highest BCUT2D eigenvalue weighted by Crippen LogP contribution is 2.42. The van der Waals surface area contributed by atoms with Crippen molar-refractivity contribution in [3.05, 3.63) is 88.5 Å². The van der Waals surface area contributed by atoms with Gasteiger partial charge in [0.15, 0.2) is 0 Å². The van der Waals surface area contributed by atoms with Crippen molar-refractivity contribution in [1.29, 1.82) is 0 Å².